The minimum Gasteiger partial charge on any atom is -0.467 e. The number of aromatic nitrogens is 2. The molecule has 0 aliphatic rings. The second-order valence-electron chi connectivity index (χ2n) is 2.73. The molecule has 8 heteroatoms. The maximum Gasteiger partial charge on any atom is 0.335 e. The minimum absolute atomic E-state index is 0.0814. The van der Waals surface area contributed by atoms with E-state index in [0.29, 0.717) is 0 Å². The van der Waals surface area contributed by atoms with Gasteiger partial charge < -0.3 is 9.84 Å². The highest BCUT2D eigenvalue weighted by molar-refractivity contribution is 5.74. The maximum atomic E-state index is 10.8. The second kappa shape index (κ2) is 4.51. The number of nitrogens with one attached hydrogen (secondary N) is 1. The molecule has 2 N–H and O–H groups in total. The van der Waals surface area contributed by atoms with Crippen molar-refractivity contribution in [3.63, 3.8) is 0 Å². The quantitative estimate of drug-likeness (QED) is 0.393. The standard InChI is InChI=1S/C7H9N3O5/c1-15-7(12)6(11)2-4-5(10(13)14)3-8-9-4/h3,6,11H,2H2,1H3,(H,8,9). The summed E-state index contributed by atoms with van der Waals surface area (Å²) in [6.45, 7) is 0. The molecule has 15 heavy (non-hydrogen) atoms. The number of aliphatic hydroxyl groups excluding tert-OH is 1. The van der Waals surface area contributed by atoms with Gasteiger partial charge in [-0.05, 0) is 0 Å². The van der Waals surface area contributed by atoms with Crippen molar-refractivity contribution < 1.29 is 19.6 Å². The molecule has 1 aromatic heterocycles. The van der Waals surface area contributed by atoms with Gasteiger partial charge in [-0.3, -0.25) is 15.2 Å². The van der Waals surface area contributed by atoms with E-state index in [1.807, 2.05) is 0 Å². The summed E-state index contributed by atoms with van der Waals surface area (Å²) in [6.07, 6.45) is -0.656. The van der Waals surface area contributed by atoms with E-state index in [2.05, 4.69) is 14.9 Å². The van der Waals surface area contributed by atoms with Gasteiger partial charge in [0.15, 0.2) is 6.10 Å². The van der Waals surface area contributed by atoms with E-state index >= 15 is 0 Å². The first-order chi connectivity index (χ1) is 7.06. The Morgan fingerprint density at radius 1 is 1.87 bits per heavy atom. The van der Waals surface area contributed by atoms with Crippen LogP contribution in [0.15, 0.2) is 6.20 Å². The SMILES string of the molecule is COC(=O)C(O)Cc1[nH]ncc1[N+](=O)[O-]. The number of aromatic amines is 1. The number of nitro groups is 1. The third-order valence-corrected chi connectivity index (χ3v) is 1.76. The van der Waals surface area contributed by atoms with Gasteiger partial charge in [-0.1, -0.05) is 0 Å². The monoisotopic (exact) mass is 215 g/mol. The highest BCUT2D eigenvalue weighted by atomic mass is 16.6. The number of methoxy groups -OCH3 is 1. The third-order valence-electron chi connectivity index (χ3n) is 1.76. The Balaban J connectivity index is 2.76. The molecule has 82 valence electrons. The average molecular weight is 215 g/mol. The lowest BCUT2D eigenvalue weighted by molar-refractivity contribution is -0.385. The van der Waals surface area contributed by atoms with Crippen molar-refractivity contribution in [2.75, 3.05) is 7.11 Å². The molecule has 0 bridgehead atoms. The Morgan fingerprint density at radius 2 is 2.53 bits per heavy atom. The summed E-state index contributed by atoms with van der Waals surface area (Å²) < 4.78 is 4.27. The van der Waals surface area contributed by atoms with Crippen molar-refractivity contribution in [1.29, 1.82) is 0 Å². The Morgan fingerprint density at radius 3 is 3.07 bits per heavy atom. The second-order valence-corrected chi connectivity index (χ2v) is 2.73. The summed E-state index contributed by atoms with van der Waals surface area (Å²) in [5, 5.41) is 25.5. The number of hydrogen-bond donors (Lipinski definition) is 2. The zero-order valence-electron chi connectivity index (χ0n) is 7.84. The van der Waals surface area contributed by atoms with Crippen molar-refractivity contribution in [3.05, 3.63) is 22.0 Å². The highest BCUT2D eigenvalue weighted by Crippen LogP contribution is 2.16. The molecule has 1 atom stereocenters. The summed E-state index contributed by atoms with van der Waals surface area (Å²) in [4.78, 5) is 20.6. The molecule has 0 aromatic carbocycles. The van der Waals surface area contributed by atoms with Crippen LogP contribution < -0.4 is 0 Å². The van der Waals surface area contributed by atoms with Gasteiger partial charge in [0.05, 0.1) is 12.0 Å². The minimum atomic E-state index is -1.44. The third kappa shape index (κ3) is 2.50. The molecule has 0 aliphatic carbocycles. The number of hydrogen-bond acceptors (Lipinski definition) is 6. The molecule has 0 saturated carbocycles. The normalized spacial score (nSPS) is 12.1. The fourth-order valence-electron chi connectivity index (χ4n) is 1.03. The van der Waals surface area contributed by atoms with Crippen LogP contribution in [0.5, 0.6) is 0 Å². The zero-order valence-corrected chi connectivity index (χ0v) is 7.84. The van der Waals surface area contributed by atoms with Gasteiger partial charge in [0, 0.05) is 6.42 Å². The smallest absolute Gasteiger partial charge is 0.335 e. The molecule has 1 heterocycles. The van der Waals surface area contributed by atoms with E-state index in [4.69, 9.17) is 0 Å². The van der Waals surface area contributed by atoms with E-state index in [1.165, 1.54) is 0 Å². The fourth-order valence-corrected chi connectivity index (χ4v) is 1.03. The summed E-state index contributed by atoms with van der Waals surface area (Å²) in [6, 6.07) is 0. The maximum absolute atomic E-state index is 10.8. The molecular formula is C7H9N3O5. The molecule has 0 aliphatic heterocycles. The summed E-state index contributed by atoms with van der Waals surface area (Å²) in [5.74, 6) is -0.848. The number of carbonyl (C=O) groups is 1. The van der Waals surface area contributed by atoms with Crippen LogP contribution in [-0.4, -0.2) is 39.4 Å². The summed E-state index contributed by atoms with van der Waals surface area (Å²) >= 11 is 0. The number of rotatable bonds is 4. The Hall–Kier alpha value is -1.96. The number of H-pyrrole nitrogens is 1. The highest BCUT2D eigenvalue weighted by Gasteiger charge is 2.23. The fraction of sp³-hybridized carbons (Fsp3) is 0.429. The van der Waals surface area contributed by atoms with Gasteiger partial charge in [0.25, 0.3) is 0 Å². The van der Waals surface area contributed by atoms with Crippen LogP contribution in [0.4, 0.5) is 5.69 Å². The molecule has 8 nitrogen and oxygen atoms in total. The van der Waals surface area contributed by atoms with Crippen molar-refractivity contribution >= 4 is 11.7 Å². The van der Waals surface area contributed by atoms with E-state index in [1.54, 1.807) is 0 Å². The predicted octanol–water partition coefficient (Wildman–Crippen LogP) is -0.606. The Bertz CT molecular complexity index is 374. The van der Waals surface area contributed by atoms with Gasteiger partial charge in [-0.15, -0.1) is 0 Å². The molecule has 0 spiro atoms. The molecule has 0 fully saturated rings. The lowest BCUT2D eigenvalue weighted by atomic mass is 10.2. The predicted molar refractivity (Wildman–Crippen MR) is 47.0 cm³/mol. The van der Waals surface area contributed by atoms with Crippen molar-refractivity contribution in [1.82, 2.24) is 10.2 Å². The largest absolute Gasteiger partial charge is 0.467 e. The molecule has 0 saturated heterocycles. The van der Waals surface area contributed by atoms with Crippen LogP contribution in [0.3, 0.4) is 0 Å². The lowest BCUT2D eigenvalue weighted by Gasteiger charge is -2.05. The summed E-state index contributed by atoms with van der Waals surface area (Å²) in [7, 11) is 1.12. The summed E-state index contributed by atoms with van der Waals surface area (Å²) in [5.41, 5.74) is -0.184. The molecular weight excluding hydrogens is 206 g/mol. The van der Waals surface area contributed by atoms with Gasteiger partial charge in [0.1, 0.15) is 11.9 Å². The van der Waals surface area contributed by atoms with E-state index in [-0.39, 0.29) is 17.8 Å². The Kier molecular flexibility index (Phi) is 3.34. The van der Waals surface area contributed by atoms with Crippen molar-refractivity contribution in [2.24, 2.45) is 0 Å². The molecule has 0 radical (unpaired) electrons. The van der Waals surface area contributed by atoms with Crippen LogP contribution in [-0.2, 0) is 16.0 Å². The van der Waals surface area contributed by atoms with E-state index in [9.17, 15) is 20.0 Å². The van der Waals surface area contributed by atoms with Gasteiger partial charge in [-0.25, -0.2) is 4.79 Å². The average Bonchev–Trinajstić information content (AvgIpc) is 2.64. The zero-order chi connectivity index (χ0) is 11.4. The van der Waals surface area contributed by atoms with Crippen LogP contribution in [0.25, 0.3) is 0 Å². The first-order valence-electron chi connectivity index (χ1n) is 3.98. The first-order valence-corrected chi connectivity index (χ1v) is 3.98. The van der Waals surface area contributed by atoms with Crippen molar-refractivity contribution in [2.45, 2.75) is 12.5 Å². The van der Waals surface area contributed by atoms with Crippen LogP contribution >= 0.6 is 0 Å². The number of carbonyl (C=O) groups excluding carboxylic acids is 1. The number of esters is 1. The first kappa shape index (κ1) is 11.1. The number of ether oxygens (including phenoxy) is 1. The van der Waals surface area contributed by atoms with Crippen LogP contribution in [0, 0.1) is 10.1 Å². The molecule has 1 aromatic rings. The number of aliphatic hydroxyl groups is 1. The number of nitrogens with zero attached hydrogens (tertiary/aromatic N) is 2. The molecule has 1 rings (SSSR count). The van der Waals surface area contributed by atoms with E-state index < -0.39 is 17.0 Å². The molecule has 0 amide bonds. The van der Waals surface area contributed by atoms with Crippen molar-refractivity contribution in [3.8, 4) is 0 Å². The topological polar surface area (TPSA) is 118 Å². The molecule has 1 unspecified atom stereocenters. The lowest BCUT2D eigenvalue weighted by Crippen LogP contribution is -2.24. The van der Waals surface area contributed by atoms with Crippen LogP contribution in [0.2, 0.25) is 0 Å². The van der Waals surface area contributed by atoms with Gasteiger partial charge in [0.2, 0.25) is 0 Å². The van der Waals surface area contributed by atoms with Gasteiger partial charge >= 0.3 is 11.7 Å². The van der Waals surface area contributed by atoms with Crippen LogP contribution in [0.1, 0.15) is 5.69 Å². The Labute approximate surface area is 84.0 Å². The van der Waals surface area contributed by atoms with E-state index in [0.717, 1.165) is 13.3 Å². The van der Waals surface area contributed by atoms with Gasteiger partial charge in [-0.2, -0.15) is 5.10 Å².